The van der Waals surface area contributed by atoms with Crippen molar-refractivity contribution in [3.05, 3.63) is 24.3 Å². The summed E-state index contributed by atoms with van der Waals surface area (Å²) in [4.78, 5) is 18.4. The Kier molecular flexibility index (Phi) is 2.46. The van der Waals surface area contributed by atoms with Gasteiger partial charge in [-0.15, -0.1) is 0 Å². The third kappa shape index (κ3) is 1.42. The van der Waals surface area contributed by atoms with Gasteiger partial charge in [-0.3, -0.25) is 9.69 Å². The second kappa shape index (κ2) is 4.40. The van der Waals surface area contributed by atoms with Crippen LogP contribution in [0.5, 0.6) is 0 Å². The van der Waals surface area contributed by atoms with Gasteiger partial charge < -0.3 is 9.64 Å². The molecule has 7 rings (SSSR count). The molecule has 0 radical (unpaired) electrons. The van der Waals surface area contributed by atoms with Crippen molar-refractivity contribution >= 4 is 5.91 Å². The number of ether oxygens (including phenoxy) is 1. The molecule has 0 aromatic rings. The second-order valence-corrected chi connectivity index (χ2v) is 9.54. The molecule has 0 aromatic heterocycles. The third-order valence-electron chi connectivity index (χ3n) is 9.13. The first-order valence-electron chi connectivity index (χ1n) is 10.3. The fourth-order valence-electron chi connectivity index (χ4n) is 8.52. The zero-order valence-electron chi connectivity index (χ0n) is 14.6. The molecule has 9 atom stereocenters. The summed E-state index contributed by atoms with van der Waals surface area (Å²) in [5, 5.41) is 0. The van der Waals surface area contributed by atoms with Crippen LogP contribution in [0.3, 0.4) is 0 Å². The van der Waals surface area contributed by atoms with Crippen molar-refractivity contribution in [2.75, 3.05) is 19.7 Å². The van der Waals surface area contributed by atoms with E-state index in [0.29, 0.717) is 42.3 Å². The molecule has 6 fully saturated rings. The Labute approximate surface area is 148 Å². The number of fused-ring (bicyclic) bond motifs is 2. The lowest BCUT2D eigenvalue weighted by molar-refractivity contribution is -0.166. The average molecular weight is 338 g/mol. The highest BCUT2D eigenvalue weighted by Gasteiger charge is 2.74. The summed E-state index contributed by atoms with van der Waals surface area (Å²) < 4.78 is 6.34. The summed E-state index contributed by atoms with van der Waals surface area (Å²) in [6.07, 6.45) is 13.8. The van der Waals surface area contributed by atoms with E-state index in [1.54, 1.807) is 0 Å². The van der Waals surface area contributed by atoms with Crippen LogP contribution in [0.2, 0.25) is 0 Å². The SMILES string of the molecule is O=C1CC2OCCC3CN4CC[C@]56C7C=CC=CC7N1C5[C@H]2[C@H]3C[C@H]46. The molecule has 5 unspecified atom stereocenters. The highest BCUT2D eigenvalue weighted by Crippen LogP contribution is 2.68. The van der Waals surface area contributed by atoms with Crippen LogP contribution in [-0.2, 0) is 9.53 Å². The zero-order valence-corrected chi connectivity index (χ0v) is 14.6. The van der Waals surface area contributed by atoms with Crippen LogP contribution in [0.15, 0.2) is 24.3 Å². The fraction of sp³-hybridized carbons (Fsp3) is 0.762. The monoisotopic (exact) mass is 338 g/mol. The topological polar surface area (TPSA) is 32.8 Å². The van der Waals surface area contributed by atoms with Crippen LogP contribution in [0.4, 0.5) is 0 Å². The van der Waals surface area contributed by atoms with Crippen molar-refractivity contribution < 1.29 is 9.53 Å². The molecule has 132 valence electrons. The van der Waals surface area contributed by atoms with Crippen LogP contribution < -0.4 is 0 Å². The maximum atomic E-state index is 13.2. The molecule has 1 saturated carbocycles. The zero-order chi connectivity index (χ0) is 16.3. The maximum absolute atomic E-state index is 13.2. The van der Waals surface area contributed by atoms with Gasteiger partial charge in [0.05, 0.1) is 18.6 Å². The highest BCUT2D eigenvalue weighted by atomic mass is 16.5. The molecule has 5 heterocycles. The van der Waals surface area contributed by atoms with E-state index in [9.17, 15) is 4.79 Å². The summed E-state index contributed by atoms with van der Waals surface area (Å²) in [5.41, 5.74) is 0.278. The molecule has 2 aliphatic carbocycles. The minimum atomic E-state index is 0.182. The largest absolute Gasteiger partial charge is 0.377 e. The summed E-state index contributed by atoms with van der Waals surface area (Å²) in [7, 11) is 0. The lowest BCUT2D eigenvalue weighted by Crippen LogP contribution is -2.68. The minimum Gasteiger partial charge on any atom is -0.377 e. The Morgan fingerprint density at radius 3 is 3.12 bits per heavy atom. The van der Waals surface area contributed by atoms with Gasteiger partial charge in [0.1, 0.15) is 0 Å². The smallest absolute Gasteiger partial charge is 0.225 e. The quantitative estimate of drug-likeness (QED) is 0.675. The molecule has 5 saturated heterocycles. The van der Waals surface area contributed by atoms with Crippen LogP contribution in [-0.4, -0.2) is 59.6 Å². The van der Waals surface area contributed by atoms with Crippen molar-refractivity contribution in [3.63, 3.8) is 0 Å². The van der Waals surface area contributed by atoms with Gasteiger partial charge in [0, 0.05) is 42.5 Å². The van der Waals surface area contributed by atoms with Crippen LogP contribution in [0.25, 0.3) is 0 Å². The molecule has 25 heavy (non-hydrogen) atoms. The van der Waals surface area contributed by atoms with Gasteiger partial charge in [0.25, 0.3) is 0 Å². The molecule has 0 N–H and O–H groups in total. The molecule has 1 amide bonds. The normalized spacial score (nSPS) is 57.6. The molecule has 0 aromatic carbocycles. The summed E-state index contributed by atoms with van der Waals surface area (Å²) in [6, 6.07) is 1.40. The Hall–Kier alpha value is -1.13. The number of carbonyl (C=O) groups excluding carboxylic acids is 1. The van der Waals surface area contributed by atoms with Crippen molar-refractivity contribution in [3.8, 4) is 0 Å². The van der Waals surface area contributed by atoms with E-state index in [1.807, 2.05) is 0 Å². The van der Waals surface area contributed by atoms with Crippen molar-refractivity contribution in [1.82, 2.24) is 9.80 Å². The molecule has 2 bridgehead atoms. The highest BCUT2D eigenvalue weighted by molar-refractivity contribution is 5.80. The van der Waals surface area contributed by atoms with E-state index in [0.717, 1.165) is 18.4 Å². The number of allylic oxidation sites excluding steroid dienone is 2. The Morgan fingerprint density at radius 1 is 1.24 bits per heavy atom. The lowest BCUT2D eigenvalue weighted by atomic mass is 9.51. The van der Waals surface area contributed by atoms with Gasteiger partial charge in [-0.25, -0.2) is 0 Å². The molecule has 5 aliphatic heterocycles. The van der Waals surface area contributed by atoms with Gasteiger partial charge in [-0.1, -0.05) is 24.3 Å². The number of hydrogen-bond acceptors (Lipinski definition) is 3. The van der Waals surface area contributed by atoms with Crippen LogP contribution in [0, 0.1) is 29.1 Å². The Morgan fingerprint density at radius 2 is 2.16 bits per heavy atom. The van der Waals surface area contributed by atoms with Gasteiger partial charge >= 0.3 is 0 Å². The molecule has 7 aliphatic rings. The minimum absolute atomic E-state index is 0.182. The molecule has 4 nitrogen and oxygen atoms in total. The predicted molar refractivity (Wildman–Crippen MR) is 92.7 cm³/mol. The molecule has 4 heteroatoms. The number of amides is 1. The van der Waals surface area contributed by atoms with E-state index in [2.05, 4.69) is 34.1 Å². The van der Waals surface area contributed by atoms with Gasteiger partial charge in [-0.05, 0) is 37.6 Å². The van der Waals surface area contributed by atoms with Crippen LogP contribution >= 0.6 is 0 Å². The second-order valence-electron chi connectivity index (χ2n) is 9.54. The van der Waals surface area contributed by atoms with Gasteiger partial charge in [0.2, 0.25) is 5.91 Å². The molecular formula is C21H26N2O2. The van der Waals surface area contributed by atoms with Crippen molar-refractivity contribution in [1.29, 1.82) is 0 Å². The van der Waals surface area contributed by atoms with Crippen molar-refractivity contribution in [2.45, 2.75) is 49.9 Å². The van der Waals surface area contributed by atoms with Crippen LogP contribution in [0.1, 0.15) is 25.7 Å². The standard InChI is InChI=1S/C21H26N2O2/c24-18-10-16-19-13-9-17-21(6-7-22(17)11-12(13)5-8-25-16)14-3-1-2-4-15(14)23(18)20(19)21/h1-4,12-17,19-20H,5-11H2/t12?,13-,14?,15?,16?,17-,19-,20?,21+/m0/s1. The van der Waals surface area contributed by atoms with Gasteiger partial charge in [0.15, 0.2) is 0 Å². The number of nitrogens with zero attached hydrogens (tertiary/aromatic N) is 2. The average Bonchev–Trinajstić information content (AvgIpc) is 3.10. The maximum Gasteiger partial charge on any atom is 0.225 e. The predicted octanol–water partition coefficient (Wildman–Crippen LogP) is 1.83. The van der Waals surface area contributed by atoms with E-state index >= 15 is 0 Å². The molecular weight excluding hydrogens is 312 g/mol. The van der Waals surface area contributed by atoms with E-state index < -0.39 is 0 Å². The number of carbonyl (C=O) groups is 1. The first-order chi connectivity index (χ1) is 12.3. The van der Waals surface area contributed by atoms with E-state index in [1.165, 1.54) is 32.4 Å². The first-order valence-corrected chi connectivity index (χ1v) is 10.3. The number of hydrogen-bond donors (Lipinski definition) is 0. The first kappa shape index (κ1) is 14.0. The summed E-state index contributed by atoms with van der Waals surface area (Å²) in [6.45, 7) is 3.38. The summed E-state index contributed by atoms with van der Waals surface area (Å²) in [5.74, 6) is 3.00. The Bertz CT molecular complexity index is 717. The summed E-state index contributed by atoms with van der Waals surface area (Å²) >= 11 is 0. The third-order valence-corrected chi connectivity index (χ3v) is 9.13. The van der Waals surface area contributed by atoms with E-state index in [-0.39, 0.29) is 11.5 Å². The van der Waals surface area contributed by atoms with Gasteiger partial charge in [-0.2, -0.15) is 0 Å². The number of rotatable bonds is 0. The number of piperidine rings is 2. The fourth-order valence-corrected chi connectivity index (χ4v) is 8.52. The lowest BCUT2D eigenvalue weighted by Gasteiger charge is -2.60. The Balaban J connectivity index is 1.49. The van der Waals surface area contributed by atoms with Crippen molar-refractivity contribution in [2.24, 2.45) is 29.1 Å². The molecule has 1 spiro atoms. The van der Waals surface area contributed by atoms with E-state index in [4.69, 9.17) is 4.74 Å².